The first-order chi connectivity index (χ1) is 9.54. The molecule has 3 rings (SSSR count). The van der Waals surface area contributed by atoms with E-state index in [4.69, 9.17) is 12.2 Å². The van der Waals surface area contributed by atoms with Gasteiger partial charge in [0.1, 0.15) is 10.1 Å². The van der Waals surface area contributed by atoms with Crippen LogP contribution in [0.5, 0.6) is 0 Å². The van der Waals surface area contributed by atoms with E-state index in [-0.39, 0.29) is 18.1 Å². The summed E-state index contributed by atoms with van der Waals surface area (Å²) in [5, 5.41) is 0. The number of Topliss-reactive ketones (excluding diaryl/α,β-unsaturated/α-hetero) is 1. The average Bonchev–Trinajstić information content (AvgIpc) is 2.87. The van der Waals surface area contributed by atoms with Gasteiger partial charge in [0, 0.05) is 24.1 Å². The highest BCUT2D eigenvalue weighted by atomic mass is 32.2. The highest BCUT2D eigenvalue weighted by molar-refractivity contribution is 8.26. The summed E-state index contributed by atoms with van der Waals surface area (Å²) in [7, 11) is 0. The van der Waals surface area contributed by atoms with Gasteiger partial charge in [0.2, 0.25) is 0 Å². The van der Waals surface area contributed by atoms with Crippen LogP contribution in [-0.2, 0) is 16.0 Å². The van der Waals surface area contributed by atoms with Crippen LogP contribution in [-0.4, -0.2) is 27.5 Å². The fraction of sp³-hybridized carbons (Fsp3) is 0.214. The topological polar surface area (TPSA) is 37.4 Å². The van der Waals surface area contributed by atoms with Gasteiger partial charge in [0.15, 0.2) is 5.78 Å². The fourth-order valence-corrected chi connectivity index (χ4v) is 3.93. The molecular formula is C14H10FNO2S2. The van der Waals surface area contributed by atoms with Crippen molar-refractivity contribution >= 4 is 45.6 Å². The first kappa shape index (κ1) is 13.5. The third-order valence-electron chi connectivity index (χ3n) is 3.40. The molecule has 0 aromatic heterocycles. The highest BCUT2D eigenvalue weighted by Crippen LogP contribution is 2.41. The molecule has 102 valence electrons. The van der Waals surface area contributed by atoms with E-state index < -0.39 is 5.82 Å². The number of ketones is 1. The molecule has 3 nitrogen and oxygen atoms in total. The number of halogens is 1. The van der Waals surface area contributed by atoms with E-state index in [0.29, 0.717) is 32.5 Å². The number of likely N-dealkylation sites (N-methyl/N-ethyl adjacent to an activating group) is 1. The number of carbonyl (C=O) groups is 2. The van der Waals surface area contributed by atoms with Gasteiger partial charge in [-0.25, -0.2) is 4.39 Å². The molecule has 1 heterocycles. The molecule has 2 aliphatic rings. The van der Waals surface area contributed by atoms with E-state index in [1.165, 1.54) is 11.0 Å². The summed E-state index contributed by atoms with van der Waals surface area (Å²) in [6.45, 7) is 2.29. The standard InChI is InChI=1S/C14H10FNO2S2/c1-2-16-13(18)12(20-14(16)19)11-7-4-3-5-9(15)8(7)6-10(11)17/h3-5H,2,6H2,1H3/b12-11-. The van der Waals surface area contributed by atoms with Gasteiger partial charge in [-0.05, 0) is 18.6 Å². The Bertz CT molecular complexity index is 696. The van der Waals surface area contributed by atoms with E-state index in [1.54, 1.807) is 12.1 Å². The molecule has 0 spiro atoms. The lowest BCUT2D eigenvalue weighted by molar-refractivity contribution is -0.122. The summed E-state index contributed by atoms with van der Waals surface area (Å²) in [4.78, 5) is 26.2. The second-order valence-electron chi connectivity index (χ2n) is 4.49. The van der Waals surface area contributed by atoms with Crippen molar-refractivity contribution in [2.45, 2.75) is 13.3 Å². The second kappa shape index (κ2) is 4.79. The van der Waals surface area contributed by atoms with Crippen LogP contribution in [0.15, 0.2) is 23.1 Å². The van der Waals surface area contributed by atoms with Gasteiger partial charge in [0.25, 0.3) is 5.91 Å². The summed E-state index contributed by atoms with van der Waals surface area (Å²) in [5.41, 5.74) is 1.20. The van der Waals surface area contributed by atoms with Crippen molar-refractivity contribution in [2.24, 2.45) is 0 Å². The smallest absolute Gasteiger partial charge is 0.266 e. The van der Waals surface area contributed by atoms with Gasteiger partial charge in [-0.3, -0.25) is 14.5 Å². The lowest BCUT2D eigenvalue weighted by atomic mass is 10.1. The molecule has 1 aliphatic carbocycles. The number of thiocarbonyl (C=S) groups is 1. The molecule has 6 heteroatoms. The van der Waals surface area contributed by atoms with Crippen LogP contribution in [0.3, 0.4) is 0 Å². The monoisotopic (exact) mass is 307 g/mol. The number of benzene rings is 1. The second-order valence-corrected chi connectivity index (χ2v) is 6.13. The van der Waals surface area contributed by atoms with Crippen molar-refractivity contribution in [3.8, 4) is 0 Å². The van der Waals surface area contributed by atoms with Crippen molar-refractivity contribution in [2.75, 3.05) is 6.54 Å². The largest absolute Gasteiger partial charge is 0.294 e. The lowest BCUT2D eigenvalue weighted by Gasteiger charge is -2.10. The lowest BCUT2D eigenvalue weighted by Crippen LogP contribution is -2.27. The number of hydrogen-bond acceptors (Lipinski definition) is 4. The number of amides is 1. The summed E-state index contributed by atoms with van der Waals surface area (Å²) >= 11 is 6.26. The Kier molecular flexibility index (Phi) is 3.22. The Morgan fingerprint density at radius 2 is 2.15 bits per heavy atom. The SMILES string of the molecule is CCN1C(=O)/C(=C2/C(=O)Cc3c(F)cccc32)SC1=S. The maximum atomic E-state index is 13.7. The number of thioether (sulfide) groups is 1. The molecule has 1 fully saturated rings. The fourth-order valence-electron chi connectivity index (χ4n) is 2.44. The maximum Gasteiger partial charge on any atom is 0.266 e. The van der Waals surface area contributed by atoms with Gasteiger partial charge < -0.3 is 0 Å². The Balaban J connectivity index is 2.19. The van der Waals surface area contributed by atoms with Crippen LogP contribution in [0.1, 0.15) is 18.1 Å². The molecule has 0 radical (unpaired) electrons. The molecule has 1 amide bonds. The van der Waals surface area contributed by atoms with Crippen molar-refractivity contribution in [3.63, 3.8) is 0 Å². The molecule has 0 unspecified atom stereocenters. The molecule has 1 aromatic carbocycles. The minimum Gasteiger partial charge on any atom is -0.294 e. The van der Waals surface area contributed by atoms with Gasteiger partial charge in [-0.2, -0.15) is 0 Å². The number of hydrogen-bond donors (Lipinski definition) is 0. The van der Waals surface area contributed by atoms with E-state index in [9.17, 15) is 14.0 Å². The van der Waals surface area contributed by atoms with Crippen LogP contribution in [0, 0.1) is 5.82 Å². The number of rotatable bonds is 1. The zero-order valence-electron chi connectivity index (χ0n) is 10.6. The van der Waals surface area contributed by atoms with Crippen molar-refractivity contribution in [3.05, 3.63) is 40.0 Å². The zero-order chi connectivity index (χ0) is 14.4. The Morgan fingerprint density at radius 3 is 2.80 bits per heavy atom. The summed E-state index contributed by atoms with van der Waals surface area (Å²) in [6.07, 6.45) is 0.00751. The van der Waals surface area contributed by atoms with Gasteiger partial charge in [-0.15, -0.1) is 0 Å². The highest BCUT2D eigenvalue weighted by Gasteiger charge is 2.38. The van der Waals surface area contributed by atoms with Crippen molar-refractivity contribution in [1.29, 1.82) is 0 Å². The van der Waals surface area contributed by atoms with Gasteiger partial charge in [0.05, 0.1) is 4.91 Å². The van der Waals surface area contributed by atoms with E-state index >= 15 is 0 Å². The van der Waals surface area contributed by atoms with Gasteiger partial charge >= 0.3 is 0 Å². The van der Waals surface area contributed by atoms with E-state index in [2.05, 4.69) is 0 Å². The van der Waals surface area contributed by atoms with Crippen LogP contribution in [0.4, 0.5) is 4.39 Å². The quantitative estimate of drug-likeness (QED) is 0.590. The Morgan fingerprint density at radius 1 is 1.40 bits per heavy atom. The molecule has 1 aliphatic heterocycles. The predicted molar refractivity (Wildman–Crippen MR) is 79.6 cm³/mol. The molecule has 20 heavy (non-hydrogen) atoms. The van der Waals surface area contributed by atoms with Crippen LogP contribution >= 0.6 is 24.0 Å². The number of allylic oxidation sites excluding steroid dienone is 1. The first-order valence-electron chi connectivity index (χ1n) is 6.13. The molecule has 0 atom stereocenters. The summed E-state index contributed by atoms with van der Waals surface area (Å²) in [5.74, 6) is -0.888. The maximum absolute atomic E-state index is 13.7. The third kappa shape index (κ3) is 1.83. The molecule has 1 aromatic rings. The molecule has 1 saturated heterocycles. The average molecular weight is 307 g/mol. The molecule has 0 saturated carbocycles. The van der Waals surface area contributed by atoms with Crippen molar-refractivity contribution in [1.82, 2.24) is 4.90 Å². The van der Waals surface area contributed by atoms with Crippen LogP contribution in [0.2, 0.25) is 0 Å². The molecular weight excluding hydrogens is 297 g/mol. The van der Waals surface area contributed by atoms with Crippen molar-refractivity contribution < 1.29 is 14.0 Å². The normalized spacial score (nSPS) is 21.9. The Labute approximate surface area is 124 Å². The van der Waals surface area contributed by atoms with Crippen LogP contribution in [0.25, 0.3) is 5.57 Å². The summed E-state index contributed by atoms with van der Waals surface area (Å²) < 4.78 is 14.2. The minimum absolute atomic E-state index is 0.00751. The number of fused-ring (bicyclic) bond motifs is 1. The zero-order valence-corrected chi connectivity index (χ0v) is 12.2. The number of carbonyl (C=O) groups excluding carboxylic acids is 2. The minimum atomic E-state index is -0.406. The molecule has 0 bridgehead atoms. The van der Waals surface area contributed by atoms with E-state index in [1.807, 2.05) is 6.92 Å². The van der Waals surface area contributed by atoms with Crippen LogP contribution < -0.4 is 0 Å². The summed E-state index contributed by atoms with van der Waals surface area (Å²) in [6, 6.07) is 4.55. The third-order valence-corrected chi connectivity index (χ3v) is 4.85. The predicted octanol–water partition coefficient (Wildman–Crippen LogP) is 2.54. The first-order valence-corrected chi connectivity index (χ1v) is 7.36. The Hall–Kier alpha value is -1.53. The number of nitrogens with zero attached hydrogens (tertiary/aromatic N) is 1. The van der Waals surface area contributed by atoms with Gasteiger partial charge in [-0.1, -0.05) is 36.1 Å². The molecule has 0 N–H and O–H groups in total. The van der Waals surface area contributed by atoms with E-state index in [0.717, 1.165) is 11.8 Å².